The predicted octanol–water partition coefficient (Wildman–Crippen LogP) is 3.99. The van der Waals surface area contributed by atoms with E-state index in [-0.39, 0.29) is 35.9 Å². The number of benzene rings is 2. The standard InChI is InChI=1S/C22H30FN3O4.HI/c1-6-24-22(25-13-15(2)30-18-9-7-8-17(23)12-18)26-14-16-10-11-19(27-3)21(29-5)20(16)28-4;/h7-12,15H,6,13-14H2,1-5H3,(H2,24,25,26);1H. The Bertz CT molecular complexity index is 852. The number of hydrogen-bond acceptors (Lipinski definition) is 5. The van der Waals surface area contributed by atoms with Crippen molar-refractivity contribution in [1.29, 1.82) is 0 Å². The van der Waals surface area contributed by atoms with Crippen LogP contribution in [0.15, 0.2) is 41.4 Å². The summed E-state index contributed by atoms with van der Waals surface area (Å²) in [5.41, 5.74) is 0.858. The third kappa shape index (κ3) is 7.97. The molecule has 0 aromatic heterocycles. The molecule has 7 nitrogen and oxygen atoms in total. The van der Waals surface area contributed by atoms with Gasteiger partial charge in [-0.05, 0) is 38.1 Å². The first-order chi connectivity index (χ1) is 14.5. The lowest BCUT2D eigenvalue weighted by molar-refractivity contribution is 0.223. The summed E-state index contributed by atoms with van der Waals surface area (Å²) in [6, 6.07) is 9.80. The Morgan fingerprint density at radius 3 is 2.39 bits per heavy atom. The molecule has 2 aromatic carbocycles. The molecule has 0 spiro atoms. The molecule has 2 N–H and O–H groups in total. The summed E-state index contributed by atoms with van der Waals surface area (Å²) in [6.07, 6.45) is -0.189. The van der Waals surface area contributed by atoms with Gasteiger partial charge in [-0.15, -0.1) is 24.0 Å². The molecule has 0 aliphatic carbocycles. The second-order valence-corrected chi connectivity index (χ2v) is 6.46. The summed E-state index contributed by atoms with van der Waals surface area (Å²) in [7, 11) is 4.73. The number of halogens is 2. The van der Waals surface area contributed by atoms with Crippen LogP contribution in [0.5, 0.6) is 23.0 Å². The monoisotopic (exact) mass is 547 g/mol. The number of guanidine groups is 1. The molecule has 172 valence electrons. The van der Waals surface area contributed by atoms with Crippen LogP contribution in [0.3, 0.4) is 0 Å². The molecule has 0 aliphatic heterocycles. The first kappa shape index (κ1) is 26.6. The molecule has 2 aromatic rings. The summed E-state index contributed by atoms with van der Waals surface area (Å²) in [5.74, 6) is 2.49. The number of hydrogen-bond donors (Lipinski definition) is 2. The van der Waals surface area contributed by atoms with Gasteiger partial charge < -0.3 is 29.6 Å². The number of ether oxygens (including phenoxy) is 4. The highest BCUT2D eigenvalue weighted by Crippen LogP contribution is 2.39. The van der Waals surface area contributed by atoms with Crippen LogP contribution in [0.2, 0.25) is 0 Å². The van der Waals surface area contributed by atoms with Gasteiger partial charge in [0.1, 0.15) is 17.7 Å². The van der Waals surface area contributed by atoms with Crippen LogP contribution in [0.25, 0.3) is 0 Å². The molecule has 0 aliphatic rings. The van der Waals surface area contributed by atoms with Crippen molar-refractivity contribution in [3.8, 4) is 23.0 Å². The third-order valence-corrected chi connectivity index (χ3v) is 4.23. The number of nitrogens with zero attached hydrogens (tertiary/aromatic N) is 1. The minimum atomic E-state index is -0.327. The number of rotatable bonds is 10. The van der Waals surface area contributed by atoms with E-state index in [0.29, 0.717) is 48.6 Å². The molecule has 0 saturated heterocycles. The molecule has 0 fully saturated rings. The fourth-order valence-electron chi connectivity index (χ4n) is 2.85. The van der Waals surface area contributed by atoms with Gasteiger partial charge in [-0.25, -0.2) is 9.38 Å². The van der Waals surface area contributed by atoms with E-state index in [1.807, 2.05) is 26.0 Å². The molecule has 0 radical (unpaired) electrons. The van der Waals surface area contributed by atoms with E-state index in [1.165, 1.54) is 12.1 Å². The van der Waals surface area contributed by atoms with Crippen molar-refractivity contribution < 1.29 is 23.3 Å². The van der Waals surface area contributed by atoms with E-state index in [4.69, 9.17) is 18.9 Å². The van der Waals surface area contributed by atoms with Gasteiger partial charge in [-0.2, -0.15) is 0 Å². The maximum atomic E-state index is 13.3. The fraction of sp³-hybridized carbons (Fsp3) is 0.409. The van der Waals surface area contributed by atoms with Gasteiger partial charge in [-0.1, -0.05) is 6.07 Å². The number of aliphatic imine (C=N–C) groups is 1. The van der Waals surface area contributed by atoms with Crippen LogP contribution >= 0.6 is 24.0 Å². The van der Waals surface area contributed by atoms with Crippen LogP contribution in [-0.2, 0) is 6.54 Å². The summed E-state index contributed by atoms with van der Waals surface area (Å²) in [4.78, 5) is 4.62. The summed E-state index contributed by atoms with van der Waals surface area (Å²) in [6.45, 7) is 5.46. The Morgan fingerprint density at radius 2 is 1.77 bits per heavy atom. The van der Waals surface area contributed by atoms with Crippen molar-refractivity contribution in [2.45, 2.75) is 26.5 Å². The maximum Gasteiger partial charge on any atom is 0.203 e. The lowest BCUT2D eigenvalue weighted by atomic mass is 10.1. The predicted molar refractivity (Wildman–Crippen MR) is 131 cm³/mol. The molecule has 0 amide bonds. The second-order valence-electron chi connectivity index (χ2n) is 6.46. The number of nitrogens with one attached hydrogen (secondary N) is 2. The molecule has 1 unspecified atom stereocenters. The zero-order valence-electron chi connectivity index (χ0n) is 18.5. The van der Waals surface area contributed by atoms with Crippen molar-refractivity contribution in [2.24, 2.45) is 4.99 Å². The van der Waals surface area contributed by atoms with Crippen LogP contribution in [0.1, 0.15) is 19.4 Å². The van der Waals surface area contributed by atoms with E-state index < -0.39 is 0 Å². The van der Waals surface area contributed by atoms with Gasteiger partial charge in [0.05, 0.1) is 34.4 Å². The molecular weight excluding hydrogens is 516 g/mol. The molecular formula is C22H31FIN3O4. The minimum Gasteiger partial charge on any atom is -0.493 e. The second kappa shape index (κ2) is 13.8. The largest absolute Gasteiger partial charge is 0.493 e. The third-order valence-electron chi connectivity index (χ3n) is 4.23. The van der Waals surface area contributed by atoms with Gasteiger partial charge in [0.25, 0.3) is 0 Å². The Hall–Kier alpha value is -2.43. The Kier molecular flexibility index (Phi) is 11.8. The summed E-state index contributed by atoms with van der Waals surface area (Å²) >= 11 is 0. The number of methoxy groups -OCH3 is 3. The van der Waals surface area contributed by atoms with Gasteiger partial charge in [-0.3, -0.25) is 0 Å². The average Bonchev–Trinajstić information content (AvgIpc) is 2.74. The Morgan fingerprint density at radius 1 is 1.03 bits per heavy atom. The van der Waals surface area contributed by atoms with Gasteiger partial charge in [0.2, 0.25) is 5.75 Å². The molecule has 0 heterocycles. The quantitative estimate of drug-likeness (QED) is 0.266. The van der Waals surface area contributed by atoms with Crippen LogP contribution < -0.4 is 29.6 Å². The van der Waals surface area contributed by atoms with Gasteiger partial charge in [0, 0.05) is 18.2 Å². The first-order valence-electron chi connectivity index (χ1n) is 9.74. The highest BCUT2D eigenvalue weighted by Gasteiger charge is 2.15. The van der Waals surface area contributed by atoms with Crippen molar-refractivity contribution >= 4 is 29.9 Å². The van der Waals surface area contributed by atoms with Crippen LogP contribution in [-0.4, -0.2) is 46.5 Å². The SMILES string of the molecule is CCNC(=NCc1ccc(OC)c(OC)c1OC)NCC(C)Oc1cccc(F)c1.I. The maximum absolute atomic E-state index is 13.3. The average molecular weight is 547 g/mol. The van der Waals surface area contributed by atoms with Crippen molar-refractivity contribution in [2.75, 3.05) is 34.4 Å². The van der Waals surface area contributed by atoms with E-state index >= 15 is 0 Å². The zero-order valence-corrected chi connectivity index (χ0v) is 20.9. The smallest absolute Gasteiger partial charge is 0.203 e. The summed E-state index contributed by atoms with van der Waals surface area (Å²) in [5, 5.41) is 6.43. The van der Waals surface area contributed by atoms with Crippen molar-refractivity contribution in [3.63, 3.8) is 0 Å². The molecule has 0 saturated carbocycles. The highest BCUT2D eigenvalue weighted by atomic mass is 127. The molecule has 1 atom stereocenters. The molecule has 2 rings (SSSR count). The molecule has 31 heavy (non-hydrogen) atoms. The lowest BCUT2D eigenvalue weighted by Crippen LogP contribution is -2.41. The Labute approximate surface area is 200 Å². The van der Waals surface area contributed by atoms with E-state index in [9.17, 15) is 4.39 Å². The Balaban J connectivity index is 0.00000480. The normalized spacial score (nSPS) is 11.7. The first-order valence-corrected chi connectivity index (χ1v) is 9.74. The van der Waals surface area contributed by atoms with Gasteiger partial charge >= 0.3 is 0 Å². The van der Waals surface area contributed by atoms with Crippen molar-refractivity contribution in [3.05, 3.63) is 47.8 Å². The van der Waals surface area contributed by atoms with Gasteiger partial charge in [0.15, 0.2) is 17.5 Å². The lowest BCUT2D eigenvalue weighted by Gasteiger charge is -2.18. The summed E-state index contributed by atoms with van der Waals surface area (Å²) < 4.78 is 35.3. The van der Waals surface area contributed by atoms with E-state index in [0.717, 1.165) is 5.56 Å². The fourth-order valence-corrected chi connectivity index (χ4v) is 2.85. The van der Waals surface area contributed by atoms with Crippen molar-refractivity contribution in [1.82, 2.24) is 10.6 Å². The molecule has 0 bridgehead atoms. The van der Waals surface area contributed by atoms with E-state index in [1.54, 1.807) is 33.5 Å². The topological polar surface area (TPSA) is 73.3 Å². The highest BCUT2D eigenvalue weighted by molar-refractivity contribution is 14.0. The van der Waals surface area contributed by atoms with Crippen LogP contribution in [0, 0.1) is 5.82 Å². The molecule has 9 heteroatoms. The zero-order chi connectivity index (χ0) is 21.9. The minimum absolute atomic E-state index is 0. The van der Waals surface area contributed by atoms with Crippen LogP contribution in [0.4, 0.5) is 4.39 Å². The van der Waals surface area contributed by atoms with E-state index in [2.05, 4.69) is 15.6 Å².